The van der Waals surface area contributed by atoms with Crippen molar-refractivity contribution in [1.29, 1.82) is 0 Å². The van der Waals surface area contributed by atoms with Gasteiger partial charge >= 0.3 is 0 Å². The predicted octanol–water partition coefficient (Wildman–Crippen LogP) is 4.47. The minimum Gasteiger partial charge on any atom is -0.389 e. The van der Waals surface area contributed by atoms with Crippen molar-refractivity contribution >= 4 is 44.5 Å². The van der Waals surface area contributed by atoms with Crippen LogP contribution in [0.15, 0.2) is 40.9 Å². The third-order valence-electron chi connectivity index (χ3n) is 3.30. The second kappa shape index (κ2) is 5.94. The fourth-order valence-corrected chi connectivity index (χ4v) is 2.82. The SMILES string of the molecule is Cc1ccc(N(C)c2cc(Br)ccc2C(N)=S)c(C)c1. The molecule has 0 aliphatic rings. The second-order valence-corrected chi connectivity index (χ2v) is 6.23. The van der Waals surface area contributed by atoms with Crippen molar-refractivity contribution in [2.75, 3.05) is 11.9 Å². The molecule has 0 atom stereocenters. The Morgan fingerprint density at radius 3 is 2.40 bits per heavy atom. The zero-order valence-electron chi connectivity index (χ0n) is 11.8. The monoisotopic (exact) mass is 348 g/mol. The average Bonchev–Trinajstić information content (AvgIpc) is 2.37. The third kappa shape index (κ3) is 3.02. The summed E-state index contributed by atoms with van der Waals surface area (Å²) in [5, 5.41) is 0. The van der Waals surface area contributed by atoms with Gasteiger partial charge in [0.15, 0.2) is 0 Å². The molecule has 0 saturated carbocycles. The zero-order valence-corrected chi connectivity index (χ0v) is 14.2. The predicted molar refractivity (Wildman–Crippen MR) is 94.0 cm³/mol. The molecule has 0 unspecified atom stereocenters. The number of rotatable bonds is 3. The van der Waals surface area contributed by atoms with Crippen LogP contribution in [0, 0.1) is 13.8 Å². The van der Waals surface area contributed by atoms with E-state index >= 15 is 0 Å². The van der Waals surface area contributed by atoms with Crippen LogP contribution in [0.5, 0.6) is 0 Å². The first-order valence-electron chi connectivity index (χ1n) is 6.30. The third-order valence-corrected chi connectivity index (χ3v) is 4.01. The molecule has 0 spiro atoms. The van der Waals surface area contributed by atoms with Crippen molar-refractivity contribution in [1.82, 2.24) is 0 Å². The Labute approximate surface area is 133 Å². The Morgan fingerprint density at radius 1 is 1.10 bits per heavy atom. The van der Waals surface area contributed by atoms with Gasteiger partial charge in [-0.3, -0.25) is 0 Å². The molecular formula is C16H17BrN2S. The summed E-state index contributed by atoms with van der Waals surface area (Å²) in [7, 11) is 2.03. The first kappa shape index (κ1) is 15.0. The van der Waals surface area contributed by atoms with E-state index in [0.29, 0.717) is 4.99 Å². The minimum atomic E-state index is 0.407. The summed E-state index contributed by atoms with van der Waals surface area (Å²) in [6.45, 7) is 4.20. The first-order chi connectivity index (χ1) is 9.40. The van der Waals surface area contributed by atoms with E-state index < -0.39 is 0 Å². The summed E-state index contributed by atoms with van der Waals surface area (Å²) in [4.78, 5) is 2.53. The Kier molecular flexibility index (Phi) is 4.45. The summed E-state index contributed by atoms with van der Waals surface area (Å²) in [6.07, 6.45) is 0. The number of benzene rings is 2. The van der Waals surface area contributed by atoms with Crippen molar-refractivity contribution in [3.63, 3.8) is 0 Å². The quantitative estimate of drug-likeness (QED) is 0.829. The van der Waals surface area contributed by atoms with Crippen LogP contribution >= 0.6 is 28.1 Å². The lowest BCUT2D eigenvalue weighted by Crippen LogP contribution is -2.18. The van der Waals surface area contributed by atoms with E-state index in [-0.39, 0.29) is 0 Å². The molecule has 104 valence electrons. The maximum Gasteiger partial charge on any atom is 0.106 e. The molecule has 2 aromatic rings. The smallest absolute Gasteiger partial charge is 0.106 e. The number of aryl methyl sites for hydroxylation is 2. The number of anilines is 2. The van der Waals surface area contributed by atoms with Crippen molar-refractivity contribution in [3.8, 4) is 0 Å². The van der Waals surface area contributed by atoms with Gasteiger partial charge in [-0.15, -0.1) is 0 Å². The molecule has 0 bridgehead atoms. The Hall–Kier alpha value is -1.39. The lowest BCUT2D eigenvalue weighted by atomic mass is 10.1. The van der Waals surface area contributed by atoms with Crippen LogP contribution < -0.4 is 10.6 Å². The summed E-state index contributed by atoms with van der Waals surface area (Å²) in [5.41, 5.74) is 11.3. The summed E-state index contributed by atoms with van der Waals surface area (Å²) < 4.78 is 1.00. The number of nitrogens with two attached hydrogens (primary N) is 1. The minimum absolute atomic E-state index is 0.407. The van der Waals surface area contributed by atoms with Gasteiger partial charge in [-0.2, -0.15) is 0 Å². The van der Waals surface area contributed by atoms with Crippen LogP contribution in [-0.4, -0.2) is 12.0 Å². The van der Waals surface area contributed by atoms with E-state index in [9.17, 15) is 0 Å². The standard InChI is InChI=1S/C16H17BrN2S/c1-10-4-7-14(11(2)8-10)19(3)15-9-12(17)5-6-13(15)16(18)20/h4-9H,1-3H3,(H2,18,20). The van der Waals surface area contributed by atoms with Gasteiger partial charge in [-0.05, 0) is 43.7 Å². The van der Waals surface area contributed by atoms with Gasteiger partial charge in [0.25, 0.3) is 0 Å². The summed E-state index contributed by atoms with van der Waals surface area (Å²) >= 11 is 8.66. The van der Waals surface area contributed by atoms with Crippen LogP contribution in [0.1, 0.15) is 16.7 Å². The number of halogens is 1. The van der Waals surface area contributed by atoms with E-state index in [4.69, 9.17) is 18.0 Å². The molecule has 0 aliphatic carbocycles. The first-order valence-corrected chi connectivity index (χ1v) is 7.50. The summed E-state index contributed by atoms with van der Waals surface area (Å²) in [6, 6.07) is 12.3. The molecule has 0 aliphatic heterocycles. The van der Waals surface area contributed by atoms with E-state index in [0.717, 1.165) is 21.4 Å². The number of hydrogen-bond donors (Lipinski definition) is 1. The Bertz CT molecular complexity index is 668. The van der Waals surface area contributed by atoms with Gasteiger partial charge in [0.05, 0.1) is 5.69 Å². The lowest BCUT2D eigenvalue weighted by Gasteiger charge is -2.24. The molecule has 0 fully saturated rings. The van der Waals surface area contributed by atoms with Crippen LogP contribution in [-0.2, 0) is 0 Å². The fraction of sp³-hybridized carbons (Fsp3) is 0.188. The normalized spacial score (nSPS) is 10.4. The van der Waals surface area contributed by atoms with Gasteiger partial charge in [-0.25, -0.2) is 0 Å². The van der Waals surface area contributed by atoms with Gasteiger partial charge in [0.2, 0.25) is 0 Å². The number of hydrogen-bond acceptors (Lipinski definition) is 2. The molecule has 0 heterocycles. The highest BCUT2D eigenvalue weighted by atomic mass is 79.9. The molecule has 2 N–H and O–H groups in total. The molecule has 2 nitrogen and oxygen atoms in total. The molecule has 0 amide bonds. The molecule has 2 aromatic carbocycles. The highest BCUT2D eigenvalue weighted by Crippen LogP contribution is 2.32. The molecule has 20 heavy (non-hydrogen) atoms. The van der Waals surface area contributed by atoms with Crippen LogP contribution in [0.4, 0.5) is 11.4 Å². The zero-order chi connectivity index (χ0) is 14.9. The largest absolute Gasteiger partial charge is 0.389 e. The molecule has 2 rings (SSSR count). The Balaban J connectivity index is 2.55. The van der Waals surface area contributed by atoms with E-state index in [1.165, 1.54) is 11.1 Å². The van der Waals surface area contributed by atoms with Crippen LogP contribution in [0.2, 0.25) is 0 Å². The average molecular weight is 349 g/mol. The topological polar surface area (TPSA) is 29.3 Å². The Morgan fingerprint density at radius 2 is 1.80 bits per heavy atom. The highest BCUT2D eigenvalue weighted by Gasteiger charge is 2.13. The summed E-state index contributed by atoms with van der Waals surface area (Å²) in [5.74, 6) is 0. The lowest BCUT2D eigenvalue weighted by molar-refractivity contribution is 1.17. The maximum absolute atomic E-state index is 5.83. The van der Waals surface area contributed by atoms with Crippen molar-refractivity contribution in [3.05, 3.63) is 57.6 Å². The van der Waals surface area contributed by atoms with Gasteiger partial charge in [0, 0.05) is 22.8 Å². The van der Waals surface area contributed by atoms with E-state index in [2.05, 4.69) is 52.9 Å². The van der Waals surface area contributed by atoms with Crippen LogP contribution in [0.25, 0.3) is 0 Å². The van der Waals surface area contributed by atoms with Crippen molar-refractivity contribution in [2.45, 2.75) is 13.8 Å². The molecular weight excluding hydrogens is 332 g/mol. The van der Waals surface area contributed by atoms with E-state index in [1.807, 2.05) is 25.2 Å². The fourth-order valence-electron chi connectivity index (χ4n) is 2.30. The molecule has 0 radical (unpaired) electrons. The maximum atomic E-state index is 5.83. The van der Waals surface area contributed by atoms with Crippen molar-refractivity contribution < 1.29 is 0 Å². The molecule has 0 saturated heterocycles. The second-order valence-electron chi connectivity index (χ2n) is 4.87. The van der Waals surface area contributed by atoms with Gasteiger partial charge in [0.1, 0.15) is 4.99 Å². The van der Waals surface area contributed by atoms with Gasteiger partial charge < -0.3 is 10.6 Å². The molecule has 0 aromatic heterocycles. The number of thiocarbonyl (C=S) groups is 1. The van der Waals surface area contributed by atoms with E-state index in [1.54, 1.807) is 0 Å². The van der Waals surface area contributed by atoms with Crippen LogP contribution in [0.3, 0.4) is 0 Å². The molecule has 4 heteroatoms. The highest BCUT2D eigenvalue weighted by molar-refractivity contribution is 9.10. The van der Waals surface area contributed by atoms with Gasteiger partial charge in [-0.1, -0.05) is 45.8 Å². The number of nitrogens with zero attached hydrogens (tertiary/aromatic N) is 1. The van der Waals surface area contributed by atoms with Crippen molar-refractivity contribution in [2.24, 2.45) is 5.73 Å².